The number of nitrogens with zero attached hydrogens (tertiary/aromatic N) is 2. The van der Waals surface area contributed by atoms with E-state index >= 15 is 0 Å². The van der Waals surface area contributed by atoms with Gasteiger partial charge in [-0.2, -0.15) is 10.5 Å². The first-order chi connectivity index (χ1) is 6.76. The van der Waals surface area contributed by atoms with E-state index in [0.29, 0.717) is 12.8 Å². The van der Waals surface area contributed by atoms with E-state index in [2.05, 4.69) is 12.1 Å². The fourth-order valence-corrected chi connectivity index (χ4v) is 1.40. The molecule has 0 radical (unpaired) electrons. The lowest BCUT2D eigenvalue weighted by molar-refractivity contribution is 0.680. The topological polar surface area (TPSA) is 47.6 Å². The van der Waals surface area contributed by atoms with Crippen molar-refractivity contribution in [2.45, 2.75) is 19.8 Å². The van der Waals surface area contributed by atoms with Gasteiger partial charge >= 0.3 is 0 Å². The molecule has 1 aromatic carbocycles. The van der Waals surface area contributed by atoms with Gasteiger partial charge in [-0.3, -0.25) is 0 Å². The molecule has 0 saturated carbocycles. The molecule has 0 saturated heterocycles. The molecule has 70 valence electrons. The van der Waals surface area contributed by atoms with Crippen LogP contribution in [0.3, 0.4) is 0 Å². The van der Waals surface area contributed by atoms with Gasteiger partial charge in [0, 0.05) is 0 Å². The molecule has 1 rings (SSSR count). The van der Waals surface area contributed by atoms with Crippen LogP contribution in [0.1, 0.15) is 17.5 Å². The first-order valence-corrected chi connectivity index (χ1v) is 4.58. The van der Waals surface area contributed by atoms with Crippen molar-refractivity contribution in [3.05, 3.63) is 35.4 Å². The third-order valence-corrected chi connectivity index (χ3v) is 2.08. The summed E-state index contributed by atoms with van der Waals surface area (Å²) in [5.41, 5.74) is 2.32. The number of rotatable bonds is 3. The quantitative estimate of drug-likeness (QED) is 0.724. The standard InChI is InChI=1S/C12H12N2/c1-10-3-2-4-11(7-10)8-12(9-14)5-6-13/h2-4,7,12H,5,8H2,1H3/t12-/m0/s1. The van der Waals surface area contributed by atoms with Crippen molar-refractivity contribution >= 4 is 0 Å². The number of nitriles is 2. The molecular formula is C12H12N2. The first kappa shape index (κ1) is 10.3. The summed E-state index contributed by atoms with van der Waals surface area (Å²) in [6.45, 7) is 2.02. The SMILES string of the molecule is Cc1cccc(C[C@@H](C#N)CC#N)c1. The number of aryl methyl sites for hydroxylation is 1. The zero-order chi connectivity index (χ0) is 10.4. The van der Waals surface area contributed by atoms with Crippen LogP contribution in [-0.4, -0.2) is 0 Å². The summed E-state index contributed by atoms with van der Waals surface area (Å²) < 4.78 is 0. The minimum Gasteiger partial charge on any atom is -0.198 e. The van der Waals surface area contributed by atoms with E-state index in [1.54, 1.807) is 0 Å². The van der Waals surface area contributed by atoms with Crippen LogP contribution in [0.4, 0.5) is 0 Å². The van der Waals surface area contributed by atoms with Crippen molar-refractivity contribution in [1.29, 1.82) is 10.5 Å². The Kier molecular flexibility index (Phi) is 3.70. The molecule has 2 heteroatoms. The molecular weight excluding hydrogens is 172 g/mol. The van der Waals surface area contributed by atoms with E-state index < -0.39 is 0 Å². The van der Waals surface area contributed by atoms with E-state index in [0.717, 1.165) is 5.56 Å². The molecule has 0 amide bonds. The lowest BCUT2D eigenvalue weighted by Gasteiger charge is -2.05. The Morgan fingerprint density at radius 2 is 2.14 bits per heavy atom. The summed E-state index contributed by atoms with van der Waals surface area (Å²) in [7, 11) is 0. The Bertz CT molecular complexity index is 382. The summed E-state index contributed by atoms with van der Waals surface area (Å²) in [5, 5.41) is 17.3. The van der Waals surface area contributed by atoms with Crippen molar-refractivity contribution in [2.75, 3.05) is 0 Å². The van der Waals surface area contributed by atoms with E-state index in [1.807, 2.05) is 31.2 Å². The van der Waals surface area contributed by atoms with Crippen molar-refractivity contribution in [1.82, 2.24) is 0 Å². The minimum atomic E-state index is -0.179. The highest BCUT2D eigenvalue weighted by Gasteiger charge is 2.07. The Morgan fingerprint density at radius 1 is 1.36 bits per heavy atom. The van der Waals surface area contributed by atoms with Crippen LogP contribution in [0.25, 0.3) is 0 Å². The van der Waals surface area contributed by atoms with Crippen LogP contribution in [0.5, 0.6) is 0 Å². The van der Waals surface area contributed by atoms with Gasteiger partial charge in [-0.05, 0) is 18.9 Å². The molecule has 0 aliphatic heterocycles. The van der Waals surface area contributed by atoms with E-state index in [1.165, 1.54) is 5.56 Å². The highest BCUT2D eigenvalue weighted by atomic mass is 14.3. The summed E-state index contributed by atoms with van der Waals surface area (Å²) in [6, 6.07) is 12.2. The maximum Gasteiger partial charge on any atom is 0.0670 e. The van der Waals surface area contributed by atoms with Crippen LogP contribution >= 0.6 is 0 Å². The Hall–Kier alpha value is -1.80. The fraction of sp³-hybridized carbons (Fsp3) is 0.333. The molecule has 1 aromatic rings. The average molecular weight is 184 g/mol. The molecule has 0 fully saturated rings. The fourth-order valence-electron chi connectivity index (χ4n) is 1.40. The normalized spacial score (nSPS) is 11.4. The highest BCUT2D eigenvalue weighted by Crippen LogP contribution is 2.12. The summed E-state index contributed by atoms with van der Waals surface area (Å²) >= 11 is 0. The molecule has 0 heterocycles. The second kappa shape index (κ2) is 5.04. The second-order valence-electron chi connectivity index (χ2n) is 3.38. The molecule has 0 aliphatic rings. The number of hydrogen-bond acceptors (Lipinski definition) is 2. The molecule has 0 spiro atoms. The molecule has 0 aromatic heterocycles. The van der Waals surface area contributed by atoms with Crippen LogP contribution in [0, 0.1) is 35.5 Å². The largest absolute Gasteiger partial charge is 0.198 e. The summed E-state index contributed by atoms with van der Waals surface area (Å²) in [5.74, 6) is -0.179. The van der Waals surface area contributed by atoms with Crippen LogP contribution in [-0.2, 0) is 6.42 Å². The maximum atomic E-state index is 8.79. The second-order valence-corrected chi connectivity index (χ2v) is 3.38. The van der Waals surface area contributed by atoms with Gasteiger partial charge in [0.05, 0.1) is 24.5 Å². The van der Waals surface area contributed by atoms with Gasteiger partial charge in [-0.15, -0.1) is 0 Å². The smallest absolute Gasteiger partial charge is 0.0670 e. The van der Waals surface area contributed by atoms with Gasteiger partial charge in [-0.25, -0.2) is 0 Å². The molecule has 14 heavy (non-hydrogen) atoms. The Morgan fingerprint density at radius 3 is 2.71 bits per heavy atom. The van der Waals surface area contributed by atoms with Crippen molar-refractivity contribution < 1.29 is 0 Å². The van der Waals surface area contributed by atoms with Crippen LogP contribution in [0.2, 0.25) is 0 Å². The van der Waals surface area contributed by atoms with E-state index in [-0.39, 0.29) is 5.92 Å². The third kappa shape index (κ3) is 2.92. The van der Waals surface area contributed by atoms with Gasteiger partial charge in [0.15, 0.2) is 0 Å². The monoisotopic (exact) mass is 184 g/mol. The van der Waals surface area contributed by atoms with Crippen molar-refractivity contribution in [3.8, 4) is 12.1 Å². The van der Waals surface area contributed by atoms with Gasteiger partial charge in [0.1, 0.15) is 0 Å². The molecule has 0 bridgehead atoms. The third-order valence-electron chi connectivity index (χ3n) is 2.08. The van der Waals surface area contributed by atoms with Crippen LogP contribution in [0.15, 0.2) is 24.3 Å². The summed E-state index contributed by atoms with van der Waals surface area (Å²) in [6.07, 6.45) is 0.982. The lowest BCUT2D eigenvalue weighted by atomic mass is 9.97. The Balaban J connectivity index is 2.69. The minimum absolute atomic E-state index is 0.179. The van der Waals surface area contributed by atoms with Crippen LogP contribution < -0.4 is 0 Å². The molecule has 0 N–H and O–H groups in total. The zero-order valence-electron chi connectivity index (χ0n) is 8.20. The van der Waals surface area contributed by atoms with Gasteiger partial charge < -0.3 is 0 Å². The van der Waals surface area contributed by atoms with Gasteiger partial charge in [-0.1, -0.05) is 29.8 Å². The maximum absolute atomic E-state index is 8.79. The molecule has 0 aliphatic carbocycles. The van der Waals surface area contributed by atoms with E-state index in [4.69, 9.17) is 10.5 Å². The highest BCUT2D eigenvalue weighted by molar-refractivity contribution is 5.23. The van der Waals surface area contributed by atoms with E-state index in [9.17, 15) is 0 Å². The summed E-state index contributed by atoms with van der Waals surface area (Å²) in [4.78, 5) is 0. The number of hydrogen-bond donors (Lipinski definition) is 0. The van der Waals surface area contributed by atoms with Gasteiger partial charge in [0.2, 0.25) is 0 Å². The van der Waals surface area contributed by atoms with Crippen molar-refractivity contribution in [2.24, 2.45) is 5.92 Å². The lowest BCUT2D eigenvalue weighted by Crippen LogP contribution is -2.00. The van der Waals surface area contributed by atoms with Crippen molar-refractivity contribution in [3.63, 3.8) is 0 Å². The molecule has 0 unspecified atom stereocenters. The first-order valence-electron chi connectivity index (χ1n) is 4.58. The average Bonchev–Trinajstić information content (AvgIpc) is 2.17. The molecule has 1 atom stereocenters. The predicted molar refractivity (Wildman–Crippen MR) is 54.2 cm³/mol. The van der Waals surface area contributed by atoms with Gasteiger partial charge in [0.25, 0.3) is 0 Å². The Labute approximate surface area is 84.4 Å². The number of benzene rings is 1. The predicted octanol–water partition coefficient (Wildman–Crippen LogP) is 2.59. The zero-order valence-corrected chi connectivity index (χ0v) is 8.20. The molecule has 2 nitrogen and oxygen atoms in total.